The predicted molar refractivity (Wildman–Crippen MR) is 124 cm³/mol. The monoisotopic (exact) mass is 517 g/mol. The third kappa shape index (κ3) is 9.31. The molecule has 0 amide bonds. The van der Waals surface area contributed by atoms with Gasteiger partial charge in [0.1, 0.15) is 5.75 Å². The molecule has 0 aliphatic rings. The summed E-state index contributed by atoms with van der Waals surface area (Å²) in [4.78, 5) is 4.51. The van der Waals surface area contributed by atoms with Crippen LogP contribution in [0.2, 0.25) is 0 Å². The van der Waals surface area contributed by atoms with Gasteiger partial charge in [-0.2, -0.15) is 0 Å². The number of guanidine groups is 1. The van der Waals surface area contributed by atoms with Crippen molar-refractivity contribution in [2.75, 3.05) is 26.9 Å². The molecule has 0 fully saturated rings. The molecule has 0 saturated carbocycles. The number of methoxy groups -OCH3 is 1. The summed E-state index contributed by atoms with van der Waals surface area (Å²) in [6.45, 7) is 4.93. The van der Waals surface area contributed by atoms with Crippen LogP contribution in [0.15, 0.2) is 47.5 Å². The molecule has 6 nitrogen and oxygen atoms in total. The van der Waals surface area contributed by atoms with Gasteiger partial charge in [-0.25, -0.2) is 9.38 Å². The van der Waals surface area contributed by atoms with E-state index in [2.05, 4.69) is 15.6 Å². The minimum absolute atomic E-state index is 0. The number of hydrogen-bond acceptors (Lipinski definition) is 4. The van der Waals surface area contributed by atoms with Crippen LogP contribution in [0.25, 0.3) is 0 Å². The van der Waals surface area contributed by atoms with E-state index in [1.807, 2.05) is 31.2 Å². The van der Waals surface area contributed by atoms with Crippen molar-refractivity contribution in [2.45, 2.75) is 26.4 Å². The average Bonchev–Trinajstić information content (AvgIpc) is 2.72. The zero-order valence-corrected chi connectivity index (χ0v) is 19.1. The highest BCUT2D eigenvalue weighted by Gasteiger charge is 2.03. The van der Waals surface area contributed by atoms with Gasteiger partial charge in [0.25, 0.3) is 0 Å². The lowest BCUT2D eigenvalue weighted by atomic mass is 10.2. The number of ether oxygens (including phenoxy) is 2. The van der Waals surface area contributed by atoms with Crippen molar-refractivity contribution in [3.63, 3.8) is 0 Å². The van der Waals surface area contributed by atoms with Gasteiger partial charge in [0.15, 0.2) is 17.5 Å². The van der Waals surface area contributed by atoms with Gasteiger partial charge in [-0.3, -0.25) is 0 Å². The molecule has 29 heavy (non-hydrogen) atoms. The largest absolute Gasteiger partial charge is 0.505 e. The minimum Gasteiger partial charge on any atom is -0.505 e. The number of nitrogens with zero attached hydrogens (tertiary/aromatic N) is 1. The highest BCUT2D eigenvalue weighted by atomic mass is 127. The van der Waals surface area contributed by atoms with Crippen LogP contribution in [0.4, 0.5) is 4.39 Å². The summed E-state index contributed by atoms with van der Waals surface area (Å²) >= 11 is 0. The lowest BCUT2D eigenvalue weighted by Crippen LogP contribution is -2.37. The van der Waals surface area contributed by atoms with Crippen LogP contribution >= 0.6 is 24.0 Å². The second-order valence-electron chi connectivity index (χ2n) is 6.13. The van der Waals surface area contributed by atoms with E-state index in [1.165, 1.54) is 12.1 Å². The minimum atomic E-state index is -0.648. The molecule has 2 aromatic rings. The molecule has 0 aliphatic carbocycles. The number of aliphatic imine (C=N–C) groups is 1. The van der Waals surface area contributed by atoms with Crippen LogP contribution in [0, 0.1) is 5.82 Å². The normalized spacial score (nSPS) is 10.9. The fraction of sp³-hybridized carbons (Fsp3) is 0.381. The van der Waals surface area contributed by atoms with Crippen molar-refractivity contribution in [1.29, 1.82) is 0 Å². The third-order valence-corrected chi connectivity index (χ3v) is 4.01. The molecule has 0 atom stereocenters. The summed E-state index contributed by atoms with van der Waals surface area (Å²) in [5, 5.41) is 15.8. The maximum atomic E-state index is 13.5. The van der Waals surface area contributed by atoms with Crippen LogP contribution < -0.4 is 15.4 Å². The van der Waals surface area contributed by atoms with Crippen LogP contribution in [0.3, 0.4) is 0 Å². The topological polar surface area (TPSA) is 75.1 Å². The highest BCUT2D eigenvalue weighted by Crippen LogP contribution is 2.16. The first-order valence-corrected chi connectivity index (χ1v) is 9.32. The van der Waals surface area contributed by atoms with E-state index in [0.29, 0.717) is 44.4 Å². The number of phenolic OH excluding ortho intramolecular Hbond substituents is 1. The van der Waals surface area contributed by atoms with Crippen molar-refractivity contribution in [1.82, 2.24) is 10.6 Å². The molecule has 0 heterocycles. The molecule has 160 valence electrons. The first kappa shape index (κ1) is 25.0. The second kappa shape index (κ2) is 14.0. The number of hydrogen-bond donors (Lipinski definition) is 3. The van der Waals surface area contributed by atoms with Gasteiger partial charge in [0, 0.05) is 26.3 Å². The fourth-order valence-corrected chi connectivity index (χ4v) is 2.45. The Hall–Kier alpha value is -2.07. The molecule has 2 aromatic carbocycles. The molecule has 0 aromatic heterocycles. The Kier molecular flexibility index (Phi) is 12.1. The Bertz CT molecular complexity index is 757. The van der Waals surface area contributed by atoms with Gasteiger partial charge < -0.3 is 25.2 Å². The molecule has 0 saturated heterocycles. The van der Waals surface area contributed by atoms with Gasteiger partial charge in [0.2, 0.25) is 0 Å². The Morgan fingerprint density at radius 2 is 1.83 bits per heavy atom. The lowest BCUT2D eigenvalue weighted by molar-refractivity contribution is 0.145. The number of phenols is 1. The molecule has 0 radical (unpaired) electrons. The molecular weight excluding hydrogens is 488 g/mol. The number of aromatic hydroxyl groups is 1. The SMILES string of the molecule is CCOCCCNC(=NCc1ccc(O)c(F)c1)NCc1ccc(OC)cc1.I. The molecule has 0 unspecified atom stereocenters. The zero-order chi connectivity index (χ0) is 20.2. The molecule has 8 heteroatoms. The van der Waals surface area contributed by atoms with Crippen LogP contribution in [-0.2, 0) is 17.8 Å². The van der Waals surface area contributed by atoms with E-state index in [-0.39, 0.29) is 29.7 Å². The van der Waals surface area contributed by atoms with Crippen LogP contribution in [-0.4, -0.2) is 37.9 Å². The molecule has 0 aliphatic heterocycles. The summed E-state index contributed by atoms with van der Waals surface area (Å²) in [5.41, 5.74) is 1.76. The first-order chi connectivity index (χ1) is 13.6. The van der Waals surface area contributed by atoms with E-state index < -0.39 is 5.82 Å². The van der Waals surface area contributed by atoms with E-state index in [0.717, 1.165) is 17.7 Å². The van der Waals surface area contributed by atoms with Crippen molar-refractivity contribution in [3.05, 3.63) is 59.4 Å². The van der Waals surface area contributed by atoms with Crippen molar-refractivity contribution < 1.29 is 19.0 Å². The summed E-state index contributed by atoms with van der Waals surface area (Å²) in [6.07, 6.45) is 0.852. The second-order valence-corrected chi connectivity index (χ2v) is 6.13. The van der Waals surface area contributed by atoms with Gasteiger partial charge in [0.05, 0.1) is 13.7 Å². The van der Waals surface area contributed by atoms with E-state index >= 15 is 0 Å². The Morgan fingerprint density at radius 1 is 1.10 bits per heavy atom. The fourth-order valence-electron chi connectivity index (χ4n) is 2.45. The summed E-state index contributed by atoms with van der Waals surface area (Å²) in [5.74, 6) is 0.423. The third-order valence-electron chi connectivity index (χ3n) is 4.01. The Morgan fingerprint density at radius 3 is 2.48 bits per heavy atom. The van der Waals surface area contributed by atoms with Crippen LogP contribution in [0.5, 0.6) is 11.5 Å². The highest BCUT2D eigenvalue weighted by molar-refractivity contribution is 14.0. The standard InChI is InChI=1S/C21H28FN3O3.HI/c1-3-28-12-4-11-23-21(24-14-16-5-8-18(27-2)9-6-16)25-15-17-7-10-20(26)19(22)13-17;/h5-10,13,26H,3-4,11-12,14-15H2,1-2H3,(H2,23,24,25);1H. The molecular formula is C21H29FIN3O3. The van der Waals surface area contributed by atoms with Gasteiger partial charge in [-0.05, 0) is 48.7 Å². The Labute approximate surface area is 188 Å². The predicted octanol–water partition coefficient (Wildman–Crippen LogP) is 3.82. The lowest BCUT2D eigenvalue weighted by Gasteiger charge is -2.13. The zero-order valence-electron chi connectivity index (χ0n) is 16.8. The van der Waals surface area contributed by atoms with Crippen molar-refractivity contribution in [2.24, 2.45) is 4.99 Å². The average molecular weight is 517 g/mol. The summed E-state index contributed by atoms with van der Waals surface area (Å²) in [7, 11) is 1.64. The van der Waals surface area contributed by atoms with E-state index in [9.17, 15) is 9.50 Å². The number of rotatable bonds is 10. The maximum absolute atomic E-state index is 13.5. The maximum Gasteiger partial charge on any atom is 0.191 e. The molecule has 2 rings (SSSR count). The van der Waals surface area contributed by atoms with Crippen LogP contribution in [0.1, 0.15) is 24.5 Å². The Balaban J connectivity index is 0.00000420. The molecule has 0 bridgehead atoms. The van der Waals surface area contributed by atoms with Gasteiger partial charge in [-0.1, -0.05) is 18.2 Å². The number of halogens is 2. The van der Waals surface area contributed by atoms with Gasteiger partial charge in [-0.15, -0.1) is 24.0 Å². The van der Waals surface area contributed by atoms with Crippen molar-refractivity contribution >= 4 is 29.9 Å². The number of benzene rings is 2. The van der Waals surface area contributed by atoms with Gasteiger partial charge >= 0.3 is 0 Å². The van der Waals surface area contributed by atoms with E-state index in [4.69, 9.17) is 9.47 Å². The summed E-state index contributed by atoms with van der Waals surface area (Å²) in [6, 6.07) is 12.0. The van der Waals surface area contributed by atoms with Crippen molar-refractivity contribution in [3.8, 4) is 11.5 Å². The first-order valence-electron chi connectivity index (χ1n) is 9.32. The number of nitrogens with one attached hydrogen (secondary N) is 2. The quantitative estimate of drug-likeness (QED) is 0.194. The summed E-state index contributed by atoms with van der Waals surface area (Å²) < 4.78 is 24.0. The van der Waals surface area contributed by atoms with E-state index in [1.54, 1.807) is 13.2 Å². The smallest absolute Gasteiger partial charge is 0.191 e. The molecule has 3 N–H and O–H groups in total. The molecule has 0 spiro atoms.